The number of aliphatic carboxylic acids is 1. The number of rotatable bonds is 6. The number of ketones is 1. The fourth-order valence-electron chi connectivity index (χ4n) is 5.56. The highest BCUT2D eigenvalue weighted by Gasteiger charge is 2.55. The lowest BCUT2D eigenvalue weighted by Gasteiger charge is -2.55. The summed E-state index contributed by atoms with van der Waals surface area (Å²) in [6, 6.07) is 0. The number of hydrogen-bond donors (Lipinski definition) is 1. The average Bonchev–Trinajstić information content (AvgIpc) is 2.49. The maximum atomic E-state index is 12.8. The van der Waals surface area contributed by atoms with E-state index in [0.29, 0.717) is 12.0 Å². The van der Waals surface area contributed by atoms with Gasteiger partial charge in [-0.05, 0) is 61.0 Å². The lowest BCUT2D eigenvalue weighted by molar-refractivity contribution is -0.140. The third kappa shape index (κ3) is 4.69. The van der Waals surface area contributed by atoms with Crippen molar-refractivity contribution in [2.24, 2.45) is 22.7 Å². The molecule has 0 unspecified atom stereocenters. The fourth-order valence-corrected chi connectivity index (χ4v) is 5.56. The molecule has 0 radical (unpaired) electrons. The van der Waals surface area contributed by atoms with Gasteiger partial charge in [-0.1, -0.05) is 32.8 Å². The van der Waals surface area contributed by atoms with E-state index in [-0.39, 0.29) is 35.1 Å². The van der Waals surface area contributed by atoms with Gasteiger partial charge in [0.2, 0.25) is 0 Å². The summed E-state index contributed by atoms with van der Waals surface area (Å²) >= 11 is 0. The molecule has 5 nitrogen and oxygen atoms in total. The first kappa shape index (κ1) is 21.4. The molecule has 0 heterocycles. The predicted molar refractivity (Wildman–Crippen MR) is 103 cm³/mol. The van der Waals surface area contributed by atoms with Gasteiger partial charge >= 0.3 is 11.9 Å². The molecule has 150 valence electrons. The Balaban J connectivity index is 2.25. The molecule has 0 spiro atoms. The van der Waals surface area contributed by atoms with E-state index in [0.717, 1.165) is 37.3 Å². The molecule has 0 aromatic carbocycles. The van der Waals surface area contributed by atoms with Gasteiger partial charge in [0.15, 0.2) is 5.78 Å². The minimum absolute atomic E-state index is 0.00167. The summed E-state index contributed by atoms with van der Waals surface area (Å²) in [5.41, 5.74) is 1.53. The second kappa shape index (κ2) is 7.99. The molecule has 2 rings (SSSR count). The molecule has 5 heteroatoms. The van der Waals surface area contributed by atoms with Gasteiger partial charge in [-0.3, -0.25) is 9.59 Å². The summed E-state index contributed by atoms with van der Waals surface area (Å²) < 4.78 is 5.01. The fraction of sp³-hybridized carbons (Fsp3) is 0.682. The quantitative estimate of drug-likeness (QED) is 0.551. The number of esters is 1. The summed E-state index contributed by atoms with van der Waals surface area (Å²) in [5.74, 6) is -1.02. The van der Waals surface area contributed by atoms with Gasteiger partial charge < -0.3 is 9.84 Å². The Morgan fingerprint density at radius 1 is 1.30 bits per heavy atom. The first-order valence-electron chi connectivity index (χ1n) is 9.75. The highest BCUT2D eigenvalue weighted by molar-refractivity contribution is 5.95. The zero-order valence-electron chi connectivity index (χ0n) is 17.1. The number of carbonyl (C=O) groups is 3. The van der Waals surface area contributed by atoms with Crippen LogP contribution in [0.4, 0.5) is 0 Å². The molecule has 0 aromatic heterocycles. The Hall–Kier alpha value is -1.91. The number of carboxylic acids is 1. The zero-order chi connectivity index (χ0) is 20.4. The van der Waals surface area contributed by atoms with E-state index in [2.05, 4.69) is 20.8 Å². The van der Waals surface area contributed by atoms with Crippen LogP contribution in [-0.2, 0) is 19.1 Å². The van der Waals surface area contributed by atoms with Crippen LogP contribution in [0.5, 0.6) is 0 Å². The maximum absolute atomic E-state index is 12.8. The van der Waals surface area contributed by atoms with Crippen LogP contribution in [0.3, 0.4) is 0 Å². The van der Waals surface area contributed by atoms with Crippen molar-refractivity contribution in [2.75, 3.05) is 6.61 Å². The lowest BCUT2D eigenvalue weighted by atomic mass is 9.48. The van der Waals surface area contributed by atoms with Gasteiger partial charge in [0.25, 0.3) is 0 Å². The smallest absolute Gasteiger partial charge is 0.328 e. The van der Waals surface area contributed by atoms with Crippen molar-refractivity contribution >= 4 is 17.7 Å². The molecule has 2 aliphatic rings. The van der Waals surface area contributed by atoms with Crippen molar-refractivity contribution in [3.05, 3.63) is 23.3 Å². The third-order valence-corrected chi connectivity index (χ3v) is 6.52. The van der Waals surface area contributed by atoms with Crippen molar-refractivity contribution in [1.82, 2.24) is 0 Å². The Kier molecular flexibility index (Phi) is 6.33. The largest absolute Gasteiger partial charge is 0.478 e. The topological polar surface area (TPSA) is 80.7 Å². The van der Waals surface area contributed by atoms with E-state index in [1.807, 2.05) is 6.92 Å². The standard InChI is InChI=1S/C22H32O5/c1-14-11-18(24)20-21(3,4)9-6-10-22(20,5)17(14)8-7-16(12-19(25)26)13-27-15(2)23/h11-12,17,20H,6-10,13H2,1-5H3,(H,25,26)/b16-12+/t17-,20-,22+/m0/s1. The van der Waals surface area contributed by atoms with Crippen LogP contribution in [0.25, 0.3) is 0 Å². The van der Waals surface area contributed by atoms with Gasteiger partial charge in [-0.25, -0.2) is 4.79 Å². The maximum Gasteiger partial charge on any atom is 0.328 e. The second-order valence-corrected chi connectivity index (χ2v) is 9.08. The Morgan fingerprint density at radius 2 is 1.96 bits per heavy atom. The van der Waals surface area contributed by atoms with Crippen LogP contribution < -0.4 is 0 Å². The molecule has 0 aromatic rings. The number of allylic oxidation sites excluding steroid dienone is 2. The van der Waals surface area contributed by atoms with Crippen LogP contribution >= 0.6 is 0 Å². The van der Waals surface area contributed by atoms with Gasteiger partial charge in [0, 0.05) is 18.9 Å². The summed E-state index contributed by atoms with van der Waals surface area (Å²) in [6.07, 6.45) is 7.38. The number of carbonyl (C=O) groups excluding carboxylic acids is 2. The van der Waals surface area contributed by atoms with Crippen molar-refractivity contribution in [3.8, 4) is 0 Å². The summed E-state index contributed by atoms with van der Waals surface area (Å²) in [4.78, 5) is 35.1. The molecule has 0 saturated heterocycles. The summed E-state index contributed by atoms with van der Waals surface area (Å²) in [6.45, 7) is 9.93. The number of hydrogen-bond acceptors (Lipinski definition) is 4. The van der Waals surface area contributed by atoms with Crippen LogP contribution in [0.1, 0.15) is 66.7 Å². The molecular formula is C22H32O5. The lowest BCUT2D eigenvalue weighted by Crippen LogP contribution is -2.52. The van der Waals surface area contributed by atoms with Crippen molar-refractivity contribution in [1.29, 1.82) is 0 Å². The van der Waals surface area contributed by atoms with Crippen LogP contribution in [0, 0.1) is 22.7 Å². The number of ether oxygens (including phenoxy) is 1. The Labute approximate surface area is 161 Å². The van der Waals surface area contributed by atoms with Crippen LogP contribution in [-0.4, -0.2) is 29.4 Å². The molecule has 1 fully saturated rings. The van der Waals surface area contributed by atoms with E-state index in [1.165, 1.54) is 6.92 Å². The van der Waals surface area contributed by atoms with E-state index < -0.39 is 11.9 Å². The summed E-state index contributed by atoms with van der Waals surface area (Å²) in [7, 11) is 0. The zero-order valence-corrected chi connectivity index (χ0v) is 17.1. The van der Waals surface area contributed by atoms with E-state index in [1.54, 1.807) is 6.08 Å². The first-order chi connectivity index (χ1) is 12.5. The highest BCUT2D eigenvalue weighted by Crippen LogP contribution is 2.59. The first-order valence-corrected chi connectivity index (χ1v) is 9.75. The van der Waals surface area contributed by atoms with Gasteiger partial charge in [-0.15, -0.1) is 0 Å². The van der Waals surface area contributed by atoms with Crippen LogP contribution in [0.2, 0.25) is 0 Å². The Morgan fingerprint density at radius 3 is 2.56 bits per heavy atom. The second-order valence-electron chi connectivity index (χ2n) is 9.08. The molecule has 0 aliphatic heterocycles. The van der Waals surface area contributed by atoms with Crippen molar-refractivity contribution < 1.29 is 24.2 Å². The van der Waals surface area contributed by atoms with E-state index in [4.69, 9.17) is 9.84 Å². The monoisotopic (exact) mass is 376 g/mol. The minimum Gasteiger partial charge on any atom is -0.478 e. The highest BCUT2D eigenvalue weighted by atomic mass is 16.5. The van der Waals surface area contributed by atoms with E-state index in [9.17, 15) is 14.4 Å². The molecule has 27 heavy (non-hydrogen) atoms. The molecule has 0 bridgehead atoms. The molecule has 1 N–H and O–H groups in total. The number of fused-ring (bicyclic) bond motifs is 1. The minimum atomic E-state index is -1.04. The Bertz CT molecular complexity index is 685. The SMILES string of the molecule is CC(=O)OC/C(=C/C(=O)O)CC[C@H]1C(C)=CC(=O)[C@H]2C(C)(C)CCC[C@]12C. The molecular weight excluding hydrogens is 344 g/mol. The van der Waals surface area contributed by atoms with Gasteiger partial charge in [-0.2, -0.15) is 0 Å². The van der Waals surface area contributed by atoms with Crippen molar-refractivity contribution in [2.45, 2.75) is 66.7 Å². The molecule has 1 saturated carbocycles. The molecule has 3 atom stereocenters. The third-order valence-electron chi connectivity index (χ3n) is 6.52. The molecule has 0 amide bonds. The van der Waals surface area contributed by atoms with Gasteiger partial charge in [0.1, 0.15) is 6.61 Å². The predicted octanol–water partition coefficient (Wildman–Crippen LogP) is 4.32. The average molecular weight is 376 g/mol. The van der Waals surface area contributed by atoms with Crippen LogP contribution in [0.15, 0.2) is 23.3 Å². The van der Waals surface area contributed by atoms with E-state index >= 15 is 0 Å². The number of carboxylic acid groups (broad SMARTS) is 1. The summed E-state index contributed by atoms with van der Waals surface area (Å²) in [5, 5.41) is 9.11. The van der Waals surface area contributed by atoms with Gasteiger partial charge in [0.05, 0.1) is 0 Å². The van der Waals surface area contributed by atoms with Crippen molar-refractivity contribution in [3.63, 3.8) is 0 Å². The normalized spacial score (nSPS) is 30.3. The molecule has 2 aliphatic carbocycles.